The number of fused-ring (bicyclic) bond motifs is 1. The number of benzene rings is 1. The Morgan fingerprint density at radius 1 is 1.40 bits per heavy atom. The summed E-state index contributed by atoms with van der Waals surface area (Å²) in [6.07, 6.45) is 0.155. The lowest BCUT2D eigenvalue weighted by Gasteiger charge is -2.21. The van der Waals surface area contributed by atoms with Gasteiger partial charge in [-0.2, -0.15) is 0 Å². The Kier molecular flexibility index (Phi) is 4.33. The van der Waals surface area contributed by atoms with Gasteiger partial charge in [-0.1, -0.05) is 13.0 Å². The molecule has 1 amide bonds. The zero-order valence-electron chi connectivity index (χ0n) is 12.6. The first-order valence-corrected chi connectivity index (χ1v) is 7.10. The summed E-state index contributed by atoms with van der Waals surface area (Å²) in [5.41, 5.74) is 3.49. The Labute approximate surface area is 120 Å². The first-order chi connectivity index (χ1) is 9.42. The lowest BCUT2D eigenvalue weighted by Crippen LogP contribution is -2.45. The summed E-state index contributed by atoms with van der Waals surface area (Å²) < 4.78 is 5.74. The molecule has 4 nitrogen and oxygen atoms in total. The molecule has 0 spiro atoms. The van der Waals surface area contributed by atoms with E-state index in [1.165, 1.54) is 11.1 Å². The minimum absolute atomic E-state index is 0.0345. The van der Waals surface area contributed by atoms with Crippen molar-refractivity contribution in [3.63, 3.8) is 0 Å². The van der Waals surface area contributed by atoms with Crippen LogP contribution in [0.4, 0.5) is 0 Å². The second-order valence-corrected chi connectivity index (χ2v) is 5.81. The zero-order valence-corrected chi connectivity index (χ0v) is 12.6. The number of carbonyl (C=O) groups is 1. The van der Waals surface area contributed by atoms with E-state index in [0.29, 0.717) is 6.42 Å². The molecule has 3 atom stereocenters. The van der Waals surface area contributed by atoms with Gasteiger partial charge in [0, 0.05) is 19.1 Å². The van der Waals surface area contributed by atoms with Crippen LogP contribution in [0.1, 0.15) is 30.5 Å². The highest BCUT2D eigenvalue weighted by atomic mass is 16.5. The van der Waals surface area contributed by atoms with Crippen LogP contribution in [0.5, 0.6) is 5.75 Å². The highest BCUT2D eigenvalue weighted by Crippen LogP contribution is 2.31. The maximum Gasteiger partial charge on any atom is 0.261 e. The van der Waals surface area contributed by atoms with E-state index >= 15 is 0 Å². The predicted octanol–water partition coefficient (Wildman–Crippen LogP) is 1.74. The second kappa shape index (κ2) is 5.83. The van der Waals surface area contributed by atoms with E-state index in [-0.39, 0.29) is 24.5 Å². The molecule has 1 aliphatic rings. The molecule has 1 aliphatic heterocycles. The third-order valence-electron chi connectivity index (χ3n) is 4.16. The van der Waals surface area contributed by atoms with Gasteiger partial charge in [-0.15, -0.1) is 0 Å². The summed E-state index contributed by atoms with van der Waals surface area (Å²) in [6.45, 7) is 7.97. The van der Waals surface area contributed by atoms with Crippen molar-refractivity contribution in [2.24, 2.45) is 5.92 Å². The minimum atomic E-state index is -0.459. The second-order valence-electron chi connectivity index (χ2n) is 5.81. The summed E-state index contributed by atoms with van der Waals surface area (Å²) in [7, 11) is 0. The highest BCUT2D eigenvalue weighted by Gasteiger charge is 2.30. The first-order valence-electron chi connectivity index (χ1n) is 7.10. The number of rotatable bonds is 4. The smallest absolute Gasteiger partial charge is 0.261 e. The molecule has 1 heterocycles. The topological polar surface area (TPSA) is 58.6 Å². The number of carbonyl (C=O) groups excluding carboxylic acids is 1. The Hall–Kier alpha value is -1.55. The van der Waals surface area contributed by atoms with E-state index in [1.54, 1.807) is 0 Å². The van der Waals surface area contributed by atoms with Crippen LogP contribution in [0.25, 0.3) is 0 Å². The molecule has 0 fully saturated rings. The predicted molar refractivity (Wildman–Crippen MR) is 77.9 cm³/mol. The van der Waals surface area contributed by atoms with Gasteiger partial charge in [0.15, 0.2) is 6.10 Å². The van der Waals surface area contributed by atoms with Gasteiger partial charge < -0.3 is 15.2 Å². The molecule has 0 saturated carbocycles. The molecule has 3 unspecified atom stereocenters. The van der Waals surface area contributed by atoms with Gasteiger partial charge in [0.25, 0.3) is 5.91 Å². The number of aliphatic hydroxyl groups is 1. The summed E-state index contributed by atoms with van der Waals surface area (Å²) >= 11 is 0. The van der Waals surface area contributed by atoms with E-state index in [4.69, 9.17) is 9.84 Å². The molecule has 0 aliphatic carbocycles. The molecule has 20 heavy (non-hydrogen) atoms. The van der Waals surface area contributed by atoms with Gasteiger partial charge in [0.1, 0.15) is 5.75 Å². The van der Waals surface area contributed by atoms with Crippen molar-refractivity contribution >= 4 is 5.91 Å². The van der Waals surface area contributed by atoms with Crippen LogP contribution in [0.3, 0.4) is 0 Å². The lowest BCUT2D eigenvalue weighted by atomic mass is 10.0. The Bertz CT molecular complexity index is 482. The van der Waals surface area contributed by atoms with Gasteiger partial charge in [-0.3, -0.25) is 4.79 Å². The van der Waals surface area contributed by atoms with Gasteiger partial charge in [-0.25, -0.2) is 0 Å². The standard InChI is InChI=1S/C16H23NO3/c1-9-5-13-7-15(20-14(13)6-10(9)2)16(19)17-12(4)11(3)8-18/h5-6,11-12,15,18H,7-8H2,1-4H3,(H,17,19). The lowest BCUT2D eigenvalue weighted by molar-refractivity contribution is -0.128. The first kappa shape index (κ1) is 14.9. The average molecular weight is 277 g/mol. The quantitative estimate of drug-likeness (QED) is 0.881. The third-order valence-corrected chi connectivity index (χ3v) is 4.16. The van der Waals surface area contributed by atoms with E-state index < -0.39 is 6.10 Å². The van der Waals surface area contributed by atoms with E-state index in [1.807, 2.05) is 26.8 Å². The van der Waals surface area contributed by atoms with Crippen LogP contribution in [-0.2, 0) is 11.2 Å². The van der Waals surface area contributed by atoms with Crippen molar-refractivity contribution in [3.05, 3.63) is 28.8 Å². The maximum atomic E-state index is 12.2. The molecular formula is C16H23NO3. The highest BCUT2D eigenvalue weighted by molar-refractivity contribution is 5.82. The van der Waals surface area contributed by atoms with Crippen molar-refractivity contribution in [2.75, 3.05) is 6.61 Å². The molecule has 110 valence electrons. The Morgan fingerprint density at radius 2 is 2.05 bits per heavy atom. The molecule has 0 aromatic heterocycles. The molecule has 0 radical (unpaired) electrons. The van der Waals surface area contributed by atoms with Crippen LogP contribution in [-0.4, -0.2) is 29.8 Å². The number of hydrogen-bond acceptors (Lipinski definition) is 3. The number of aliphatic hydroxyl groups excluding tert-OH is 1. The Balaban J connectivity index is 2.02. The largest absolute Gasteiger partial charge is 0.480 e. The fraction of sp³-hybridized carbons (Fsp3) is 0.562. The Morgan fingerprint density at radius 3 is 2.70 bits per heavy atom. The van der Waals surface area contributed by atoms with Crippen LogP contribution in [0.15, 0.2) is 12.1 Å². The van der Waals surface area contributed by atoms with Crippen molar-refractivity contribution in [3.8, 4) is 5.75 Å². The summed E-state index contributed by atoms with van der Waals surface area (Å²) in [5.74, 6) is 0.743. The van der Waals surface area contributed by atoms with E-state index in [2.05, 4.69) is 18.3 Å². The SMILES string of the molecule is Cc1cc2c(cc1C)OC(C(=O)NC(C)C(C)CO)C2. The molecule has 2 rings (SSSR count). The van der Waals surface area contributed by atoms with Crippen LogP contribution in [0.2, 0.25) is 0 Å². The number of aryl methyl sites for hydroxylation is 2. The van der Waals surface area contributed by atoms with Crippen molar-refractivity contribution < 1.29 is 14.6 Å². The molecule has 4 heteroatoms. The van der Waals surface area contributed by atoms with Gasteiger partial charge in [-0.05, 0) is 49.4 Å². The fourth-order valence-electron chi connectivity index (χ4n) is 2.28. The van der Waals surface area contributed by atoms with E-state index in [0.717, 1.165) is 11.3 Å². The normalized spacial score (nSPS) is 19.9. The van der Waals surface area contributed by atoms with Gasteiger partial charge in [0.05, 0.1) is 0 Å². The van der Waals surface area contributed by atoms with Gasteiger partial charge in [0.2, 0.25) is 0 Å². The fourth-order valence-corrected chi connectivity index (χ4v) is 2.28. The maximum absolute atomic E-state index is 12.2. The van der Waals surface area contributed by atoms with E-state index in [9.17, 15) is 4.79 Å². The summed E-state index contributed by atoms with van der Waals surface area (Å²) in [5, 5.41) is 12.0. The zero-order chi connectivity index (χ0) is 14.9. The number of ether oxygens (including phenoxy) is 1. The van der Waals surface area contributed by atoms with Crippen molar-refractivity contribution in [1.82, 2.24) is 5.32 Å². The van der Waals surface area contributed by atoms with Crippen LogP contribution >= 0.6 is 0 Å². The molecule has 2 N–H and O–H groups in total. The molecule has 1 aromatic rings. The summed E-state index contributed by atoms with van der Waals surface area (Å²) in [4.78, 5) is 12.2. The summed E-state index contributed by atoms with van der Waals surface area (Å²) in [6, 6.07) is 4.03. The number of amides is 1. The third kappa shape index (κ3) is 2.96. The van der Waals surface area contributed by atoms with Crippen molar-refractivity contribution in [1.29, 1.82) is 0 Å². The number of hydrogen-bond donors (Lipinski definition) is 2. The molecule has 0 saturated heterocycles. The molecule has 0 bridgehead atoms. The van der Waals surface area contributed by atoms with Crippen LogP contribution < -0.4 is 10.1 Å². The monoisotopic (exact) mass is 277 g/mol. The average Bonchev–Trinajstić information content (AvgIpc) is 2.81. The minimum Gasteiger partial charge on any atom is -0.480 e. The molecule has 1 aromatic carbocycles. The van der Waals surface area contributed by atoms with Crippen LogP contribution in [0, 0.1) is 19.8 Å². The van der Waals surface area contributed by atoms with Crippen molar-refractivity contribution in [2.45, 2.75) is 46.3 Å². The van der Waals surface area contributed by atoms with Gasteiger partial charge >= 0.3 is 0 Å². The molecular weight excluding hydrogens is 254 g/mol. The number of nitrogens with one attached hydrogen (secondary N) is 1.